The number of hydrogen-bond acceptors (Lipinski definition) is 4. The third-order valence-electron chi connectivity index (χ3n) is 4.82. The van der Waals surface area contributed by atoms with Gasteiger partial charge in [0.05, 0.1) is 6.04 Å². The topological polar surface area (TPSA) is 63.2 Å². The average Bonchev–Trinajstić information content (AvgIpc) is 3.04. The van der Waals surface area contributed by atoms with Crippen LogP contribution in [-0.4, -0.2) is 26.6 Å². The van der Waals surface area contributed by atoms with Gasteiger partial charge >= 0.3 is 0 Å². The summed E-state index contributed by atoms with van der Waals surface area (Å²) in [5.74, 6) is 0.0106. The Morgan fingerprint density at radius 3 is 2.63 bits per heavy atom. The van der Waals surface area contributed by atoms with E-state index >= 15 is 0 Å². The van der Waals surface area contributed by atoms with E-state index in [9.17, 15) is 9.59 Å². The highest BCUT2D eigenvalue weighted by Crippen LogP contribution is 2.33. The monoisotopic (exact) mass is 357 g/mol. The number of amides is 1. The molecule has 0 saturated heterocycles. The van der Waals surface area contributed by atoms with Gasteiger partial charge < -0.3 is 4.90 Å². The summed E-state index contributed by atoms with van der Waals surface area (Å²) in [6.07, 6.45) is 5.60. The standard InChI is InChI=1S/C22H19N3O2/c26-19(12-18-8-3-4-11-24-18)13-21(16-7-5-10-23-14-16)25-15-17-6-1-2-9-20(17)22(25)27/h1-11,14,21H,12-13,15H2. The van der Waals surface area contributed by atoms with Gasteiger partial charge in [-0.2, -0.15) is 0 Å². The summed E-state index contributed by atoms with van der Waals surface area (Å²) in [7, 11) is 0. The van der Waals surface area contributed by atoms with Crippen molar-refractivity contribution in [1.29, 1.82) is 0 Å². The smallest absolute Gasteiger partial charge is 0.255 e. The molecular weight excluding hydrogens is 338 g/mol. The molecule has 0 aliphatic carbocycles. The first-order valence-corrected chi connectivity index (χ1v) is 8.93. The Balaban J connectivity index is 1.59. The predicted molar refractivity (Wildman–Crippen MR) is 101 cm³/mol. The van der Waals surface area contributed by atoms with Crippen LogP contribution in [0.25, 0.3) is 0 Å². The van der Waals surface area contributed by atoms with Crippen LogP contribution in [0.5, 0.6) is 0 Å². The minimum atomic E-state index is -0.338. The maximum absolute atomic E-state index is 12.9. The van der Waals surface area contributed by atoms with Gasteiger partial charge in [-0.05, 0) is 35.4 Å². The number of nitrogens with zero attached hydrogens (tertiary/aromatic N) is 3. The lowest BCUT2D eigenvalue weighted by Gasteiger charge is -2.27. The Bertz CT molecular complexity index is 958. The normalized spacial score (nSPS) is 14.1. The molecule has 0 N–H and O–H groups in total. The molecule has 0 bridgehead atoms. The van der Waals surface area contributed by atoms with E-state index in [1.54, 1.807) is 23.5 Å². The van der Waals surface area contributed by atoms with Crippen LogP contribution in [0.2, 0.25) is 0 Å². The fraction of sp³-hybridized carbons (Fsp3) is 0.182. The van der Waals surface area contributed by atoms with Crippen molar-refractivity contribution in [1.82, 2.24) is 14.9 Å². The molecule has 3 aromatic rings. The quantitative estimate of drug-likeness (QED) is 0.678. The highest BCUT2D eigenvalue weighted by molar-refractivity contribution is 5.99. The molecule has 0 saturated carbocycles. The minimum absolute atomic E-state index is 0.0370. The van der Waals surface area contributed by atoms with Crippen molar-refractivity contribution < 1.29 is 9.59 Å². The first-order valence-electron chi connectivity index (χ1n) is 8.93. The fourth-order valence-electron chi connectivity index (χ4n) is 3.50. The molecular formula is C22H19N3O2. The van der Waals surface area contributed by atoms with E-state index < -0.39 is 0 Å². The van der Waals surface area contributed by atoms with Crippen molar-refractivity contribution in [3.05, 3.63) is 95.6 Å². The Labute approximate surface area is 157 Å². The summed E-state index contributed by atoms with van der Waals surface area (Å²) in [6.45, 7) is 0.505. The highest BCUT2D eigenvalue weighted by Gasteiger charge is 2.34. The van der Waals surface area contributed by atoms with Crippen LogP contribution >= 0.6 is 0 Å². The van der Waals surface area contributed by atoms with Crippen molar-refractivity contribution in [3.8, 4) is 0 Å². The summed E-state index contributed by atoms with van der Waals surface area (Å²) in [4.78, 5) is 35.9. The molecule has 1 aromatic carbocycles. The molecule has 1 aliphatic rings. The van der Waals surface area contributed by atoms with Crippen molar-refractivity contribution in [3.63, 3.8) is 0 Å². The lowest BCUT2D eigenvalue weighted by molar-refractivity contribution is -0.119. The van der Waals surface area contributed by atoms with E-state index in [0.717, 1.165) is 16.8 Å². The Morgan fingerprint density at radius 1 is 1.04 bits per heavy atom. The van der Waals surface area contributed by atoms with E-state index in [4.69, 9.17) is 0 Å². The molecule has 1 atom stereocenters. The molecule has 0 spiro atoms. The molecule has 1 amide bonds. The van der Waals surface area contributed by atoms with Crippen LogP contribution in [-0.2, 0) is 17.8 Å². The Morgan fingerprint density at radius 2 is 1.89 bits per heavy atom. The number of benzene rings is 1. The molecule has 3 heterocycles. The Hall–Kier alpha value is -3.34. The lowest BCUT2D eigenvalue weighted by Crippen LogP contribution is -2.31. The number of fused-ring (bicyclic) bond motifs is 1. The van der Waals surface area contributed by atoms with Crippen molar-refractivity contribution in [2.75, 3.05) is 0 Å². The van der Waals surface area contributed by atoms with Gasteiger partial charge in [0.25, 0.3) is 5.91 Å². The van der Waals surface area contributed by atoms with E-state index in [1.165, 1.54) is 0 Å². The number of Topliss-reactive ketones (excluding diaryl/α,β-unsaturated/α-hetero) is 1. The summed E-state index contributed by atoms with van der Waals surface area (Å²) in [6, 6.07) is 16.6. The van der Waals surface area contributed by atoms with Gasteiger partial charge in [-0.15, -0.1) is 0 Å². The van der Waals surface area contributed by atoms with Crippen molar-refractivity contribution in [2.45, 2.75) is 25.4 Å². The van der Waals surface area contributed by atoms with Gasteiger partial charge in [-0.3, -0.25) is 19.6 Å². The molecule has 1 unspecified atom stereocenters. The summed E-state index contributed by atoms with van der Waals surface area (Å²) >= 11 is 0. The van der Waals surface area contributed by atoms with Crippen LogP contribution < -0.4 is 0 Å². The van der Waals surface area contributed by atoms with Gasteiger partial charge in [-0.1, -0.05) is 30.3 Å². The van der Waals surface area contributed by atoms with E-state index in [1.807, 2.05) is 54.6 Å². The molecule has 27 heavy (non-hydrogen) atoms. The highest BCUT2D eigenvalue weighted by atomic mass is 16.2. The molecule has 5 heteroatoms. The minimum Gasteiger partial charge on any atom is -0.327 e. The first-order chi connectivity index (χ1) is 13.2. The third-order valence-corrected chi connectivity index (χ3v) is 4.82. The summed E-state index contributed by atoms with van der Waals surface area (Å²) in [5, 5.41) is 0. The van der Waals surface area contributed by atoms with Crippen LogP contribution in [0.15, 0.2) is 73.2 Å². The van der Waals surface area contributed by atoms with Crippen LogP contribution in [0, 0.1) is 0 Å². The van der Waals surface area contributed by atoms with Crippen molar-refractivity contribution in [2.24, 2.45) is 0 Å². The van der Waals surface area contributed by atoms with E-state index in [0.29, 0.717) is 12.1 Å². The molecule has 2 aromatic heterocycles. The molecule has 0 fully saturated rings. The zero-order valence-corrected chi connectivity index (χ0v) is 14.8. The first kappa shape index (κ1) is 17.1. The molecule has 0 radical (unpaired) electrons. The Kier molecular flexibility index (Phi) is 4.75. The predicted octanol–water partition coefficient (Wildman–Crippen LogP) is 3.38. The fourth-order valence-corrected chi connectivity index (χ4v) is 3.50. The molecule has 134 valence electrons. The number of aromatic nitrogens is 2. The van der Waals surface area contributed by atoms with Gasteiger partial charge in [0.1, 0.15) is 5.78 Å². The number of carbonyl (C=O) groups excluding carboxylic acids is 2. The molecule has 5 nitrogen and oxygen atoms in total. The number of pyridine rings is 2. The van der Waals surface area contributed by atoms with Crippen LogP contribution in [0.4, 0.5) is 0 Å². The van der Waals surface area contributed by atoms with Gasteiger partial charge in [0.15, 0.2) is 0 Å². The summed E-state index contributed by atoms with van der Waals surface area (Å²) < 4.78 is 0. The largest absolute Gasteiger partial charge is 0.327 e. The number of ketones is 1. The maximum Gasteiger partial charge on any atom is 0.255 e. The number of hydrogen-bond donors (Lipinski definition) is 0. The maximum atomic E-state index is 12.9. The van der Waals surface area contributed by atoms with Gasteiger partial charge in [0.2, 0.25) is 0 Å². The zero-order chi connectivity index (χ0) is 18.6. The van der Waals surface area contributed by atoms with E-state index in [2.05, 4.69) is 9.97 Å². The second-order valence-electron chi connectivity index (χ2n) is 6.63. The SMILES string of the molecule is O=C(Cc1ccccn1)CC(c1cccnc1)N1Cc2ccccc2C1=O. The second-order valence-corrected chi connectivity index (χ2v) is 6.63. The van der Waals surface area contributed by atoms with Gasteiger partial charge in [0, 0.05) is 49.2 Å². The molecule has 1 aliphatic heterocycles. The average molecular weight is 357 g/mol. The lowest BCUT2D eigenvalue weighted by atomic mass is 9.99. The number of rotatable bonds is 6. The van der Waals surface area contributed by atoms with Crippen molar-refractivity contribution >= 4 is 11.7 Å². The summed E-state index contributed by atoms with van der Waals surface area (Å²) in [5.41, 5.74) is 3.31. The van der Waals surface area contributed by atoms with Crippen LogP contribution in [0.1, 0.15) is 39.6 Å². The number of carbonyl (C=O) groups is 2. The van der Waals surface area contributed by atoms with Gasteiger partial charge in [-0.25, -0.2) is 0 Å². The zero-order valence-electron chi connectivity index (χ0n) is 14.8. The molecule has 4 rings (SSSR count). The van der Waals surface area contributed by atoms with Crippen LogP contribution in [0.3, 0.4) is 0 Å². The third kappa shape index (κ3) is 3.62. The van der Waals surface area contributed by atoms with E-state index in [-0.39, 0.29) is 30.6 Å². The second kappa shape index (κ2) is 7.50.